The number of aromatic amines is 1. The molecule has 0 bridgehead atoms. The van der Waals surface area contributed by atoms with E-state index in [9.17, 15) is 27.9 Å². The molecule has 0 fully saturated rings. The number of rotatable bonds is 6. The van der Waals surface area contributed by atoms with Gasteiger partial charge in [-0.05, 0) is 36.4 Å². The first-order valence-electron chi connectivity index (χ1n) is 10.8. The predicted molar refractivity (Wildman–Crippen MR) is 136 cm³/mol. The maximum atomic E-state index is 13.4. The summed E-state index contributed by atoms with van der Waals surface area (Å²) in [5, 5.41) is 23.2. The van der Waals surface area contributed by atoms with Gasteiger partial charge in [0.1, 0.15) is 4.90 Å². The Morgan fingerprint density at radius 2 is 1.49 bits per heavy atom. The molecular formula is C25H17N5O6S. The van der Waals surface area contributed by atoms with E-state index in [4.69, 9.17) is 0 Å². The molecule has 5 aromatic rings. The number of H-pyrrole nitrogens is 1. The van der Waals surface area contributed by atoms with E-state index in [-0.39, 0.29) is 33.0 Å². The lowest BCUT2D eigenvalue weighted by molar-refractivity contribution is -0.384. The van der Waals surface area contributed by atoms with Crippen LogP contribution in [0.1, 0.15) is 0 Å². The molecular weight excluding hydrogens is 498 g/mol. The van der Waals surface area contributed by atoms with Crippen molar-refractivity contribution in [3.05, 3.63) is 111 Å². The summed E-state index contributed by atoms with van der Waals surface area (Å²) >= 11 is 0. The van der Waals surface area contributed by atoms with Crippen molar-refractivity contribution in [2.75, 3.05) is 0 Å². The highest BCUT2D eigenvalue weighted by atomic mass is 32.2. The zero-order valence-corrected chi connectivity index (χ0v) is 19.7. The highest BCUT2D eigenvalue weighted by Gasteiger charge is 2.19. The first kappa shape index (κ1) is 23.8. The van der Waals surface area contributed by atoms with Crippen LogP contribution in [0.5, 0.6) is 0 Å². The fraction of sp³-hybridized carbons (Fsp3) is 0. The maximum Gasteiger partial charge on any atom is 0.299 e. The van der Waals surface area contributed by atoms with Crippen molar-refractivity contribution in [3.63, 3.8) is 0 Å². The molecule has 11 nitrogen and oxygen atoms in total. The Bertz CT molecular complexity index is 1840. The van der Waals surface area contributed by atoms with E-state index < -0.39 is 20.6 Å². The molecule has 0 saturated carbocycles. The zero-order chi connectivity index (χ0) is 26.2. The van der Waals surface area contributed by atoms with Gasteiger partial charge < -0.3 is 0 Å². The number of nitrogens with one attached hydrogen (secondary N) is 1. The van der Waals surface area contributed by atoms with Crippen molar-refractivity contribution in [1.29, 1.82) is 0 Å². The highest BCUT2D eigenvalue weighted by molar-refractivity contribution is 7.86. The topological polar surface area (TPSA) is 160 Å². The standard InChI is InChI=1S/C25H17N5O6S/c31-25-24(27-26-21-14-15-22(37(34,35)36)20-9-5-4-8-19(20)21)23(16-10-12-18(13-11-16)30(32)33)28-29(25)17-6-2-1-3-7-17/h1-15,28H,(H,34,35,36). The van der Waals surface area contributed by atoms with Gasteiger partial charge in [0.25, 0.3) is 21.4 Å². The van der Waals surface area contributed by atoms with E-state index in [1.54, 1.807) is 48.5 Å². The maximum absolute atomic E-state index is 13.4. The summed E-state index contributed by atoms with van der Waals surface area (Å²) in [6.45, 7) is 0. The second kappa shape index (κ2) is 9.26. The molecule has 0 unspecified atom stereocenters. The summed E-state index contributed by atoms with van der Waals surface area (Å²) in [5.74, 6) is 0. The highest BCUT2D eigenvalue weighted by Crippen LogP contribution is 2.34. The molecule has 0 atom stereocenters. The van der Waals surface area contributed by atoms with Gasteiger partial charge in [0, 0.05) is 28.5 Å². The Kier molecular flexibility index (Phi) is 5.95. The summed E-state index contributed by atoms with van der Waals surface area (Å²) in [5.41, 5.74) is 0.888. The molecule has 12 heteroatoms. The fourth-order valence-electron chi connectivity index (χ4n) is 3.90. The van der Waals surface area contributed by atoms with Crippen molar-refractivity contribution in [1.82, 2.24) is 9.78 Å². The largest absolute Gasteiger partial charge is 0.299 e. The smallest absolute Gasteiger partial charge is 0.288 e. The average Bonchev–Trinajstić information content (AvgIpc) is 3.23. The van der Waals surface area contributed by atoms with Crippen LogP contribution in [-0.2, 0) is 10.1 Å². The van der Waals surface area contributed by atoms with E-state index in [1.807, 2.05) is 0 Å². The summed E-state index contributed by atoms with van der Waals surface area (Å²) in [4.78, 5) is 23.6. The monoisotopic (exact) mass is 515 g/mol. The molecule has 1 heterocycles. The Hall–Kier alpha value is -4.94. The third-order valence-corrected chi connectivity index (χ3v) is 6.56. The summed E-state index contributed by atoms with van der Waals surface area (Å²) in [6, 6.07) is 23.4. The molecule has 37 heavy (non-hydrogen) atoms. The van der Waals surface area contributed by atoms with E-state index in [0.29, 0.717) is 16.6 Å². The molecule has 0 spiro atoms. The third kappa shape index (κ3) is 4.53. The number of azo groups is 1. The molecule has 0 saturated heterocycles. The Morgan fingerprint density at radius 3 is 2.14 bits per heavy atom. The molecule has 0 aliphatic carbocycles. The van der Waals surface area contributed by atoms with Gasteiger partial charge >= 0.3 is 0 Å². The van der Waals surface area contributed by atoms with Gasteiger partial charge in [-0.3, -0.25) is 24.6 Å². The number of non-ortho nitro benzene ring substituents is 1. The van der Waals surface area contributed by atoms with Crippen LogP contribution in [0, 0.1) is 10.1 Å². The van der Waals surface area contributed by atoms with Crippen LogP contribution in [0.25, 0.3) is 27.7 Å². The van der Waals surface area contributed by atoms with Crippen molar-refractivity contribution >= 4 is 38.0 Å². The molecule has 5 rings (SSSR count). The normalized spacial score (nSPS) is 11.8. The van der Waals surface area contributed by atoms with E-state index in [0.717, 1.165) is 0 Å². The van der Waals surface area contributed by atoms with Crippen LogP contribution in [0.2, 0.25) is 0 Å². The fourth-order valence-corrected chi connectivity index (χ4v) is 4.60. The van der Waals surface area contributed by atoms with Gasteiger partial charge in [-0.2, -0.15) is 8.42 Å². The summed E-state index contributed by atoms with van der Waals surface area (Å²) in [6.07, 6.45) is 0. The number of hydrogen-bond donors (Lipinski definition) is 2. The molecule has 1 aromatic heterocycles. The lowest BCUT2D eigenvalue weighted by Gasteiger charge is -2.05. The number of benzene rings is 4. The van der Waals surface area contributed by atoms with E-state index in [1.165, 1.54) is 47.1 Å². The molecule has 0 radical (unpaired) electrons. The predicted octanol–water partition coefficient (Wildman–Crippen LogP) is 5.56. The minimum atomic E-state index is -4.48. The second-order valence-corrected chi connectivity index (χ2v) is 9.31. The van der Waals surface area contributed by atoms with Crippen molar-refractivity contribution in [2.45, 2.75) is 4.90 Å². The van der Waals surface area contributed by atoms with Gasteiger partial charge in [-0.15, -0.1) is 10.2 Å². The number of fused-ring (bicyclic) bond motifs is 1. The lowest BCUT2D eigenvalue weighted by Crippen LogP contribution is -2.13. The molecule has 184 valence electrons. The van der Waals surface area contributed by atoms with Crippen LogP contribution < -0.4 is 5.56 Å². The number of nitro benzene ring substituents is 1. The number of nitro groups is 1. The number of aromatic nitrogens is 2. The molecule has 0 aliphatic rings. The Morgan fingerprint density at radius 1 is 0.838 bits per heavy atom. The lowest BCUT2D eigenvalue weighted by atomic mass is 10.1. The van der Waals surface area contributed by atoms with Crippen molar-refractivity contribution in [2.24, 2.45) is 10.2 Å². The van der Waals surface area contributed by atoms with Crippen LogP contribution in [0.15, 0.2) is 111 Å². The summed E-state index contributed by atoms with van der Waals surface area (Å²) in [7, 11) is -4.48. The Balaban J connectivity index is 1.68. The number of hydrogen-bond acceptors (Lipinski definition) is 7. The van der Waals surface area contributed by atoms with Crippen LogP contribution >= 0.6 is 0 Å². The van der Waals surface area contributed by atoms with Crippen LogP contribution in [-0.4, -0.2) is 27.7 Å². The van der Waals surface area contributed by atoms with Gasteiger partial charge in [0.15, 0.2) is 5.69 Å². The zero-order valence-electron chi connectivity index (χ0n) is 18.8. The second-order valence-electron chi connectivity index (χ2n) is 7.92. The number of nitrogens with zero attached hydrogens (tertiary/aromatic N) is 4. The van der Waals surface area contributed by atoms with Gasteiger partial charge in [-0.1, -0.05) is 42.5 Å². The van der Waals surface area contributed by atoms with E-state index >= 15 is 0 Å². The minimum Gasteiger partial charge on any atom is -0.288 e. The summed E-state index contributed by atoms with van der Waals surface area (Å²) < 4.78 is 34.5. The van der Waals surface area contributed by atoms with Gasteiger partial charge in [-0.25, -0.2) is 4.68 Å². The van der Waals surface area contributed by atoms with Crippen molar-refractivity contribution in [3.8, 4) is 16.9 Å². The van der Waals surface area contributed by atoms with Crippen LogP contribution in [0.4, 0.5) is 17.1 Å². The molecule has 0 amide bonds. The third-order valence-electron chi connectivity index (χ3n) is 5.64. The first-order chi connectivity index (χ1) is 17.7. The number of para-hydroxylation sites is 1. The average molecular weight is 516 g/mol. The quantitative estimate of drug-likeness (QED) is 0.130. The van der Waals surface area contributed by atoms with E-state index in [2.05, 4.69) is 15.3 Å². The minimum absolute atomic E-state index is 0.0550. The molecule has 0 aliphatic heterocycles. The molecule has 4 aromatic carbocycles. The van der Waals surface area contributed by atoms with Gasteiger partial charge in [0.2, 0.25) is 0 Å². The van der Waals surface area contributed by atoms with Gasteiger partial charge in [0.05, 0.1) is 22.0 Å². The Labute approximate surface area is 209 Å². The van der Waals surface area contributed by atoms with Crippen molar-refractivity contribution < 1.29 is 17.9 Å². The van der Waals surface area contributed by atoms with Crippen LogP contribution in [0.3, 0.4) is 0 Å². The SMILES string of the molecule is O=c1c(N=Nc2ccc(S(=O)(=O)O)c3ccccc23)c(-c2ccc([N+](=O)[O-])cc2)[nH]n1-c1ccccc1. The molecule has 2 N–H and O–H groups in total. The first-order valence-corrected chi connectivity index (χ1v) is 12.2.